The number of tetrazole rings is 1. The van der Waals surface area contributed by atoms with E-state index in [0.717, 1.165) is 26.9 Å². The Hall–Kier alpha value is -2.54. The molecule has 0 fully saturated rings. The zero-order valence-electron chi connectivity index (χ0n) is 13.3. The van der Waals surface area contributed by atoms with Crippen LogP contribution in [0.1, 0.15) is 11.1 Å². The SMILES string of the molecule is Cc1ccc(NC(=O)Cn2nnc(-c3ccccc3Br)n2)c(C)c1. The monoisotopic (exact) mass is 385 g/mol. The minimum Gasteiger partial charge on any atom is -0.324 e. The third kappa shape index (κ3) is 3.68. The zero-order valence-corrected chi connectivity index (χ0v) is 14.9. The van der Waals surface area contributed by atoms with Crippen molar-refractivity contribution in [3.8, 4) is 11.4 Å². The van der Waals surface area contributed by atoms with Crippen LogP contribution in [0.25, 0.3) is 11.4 Å². The highest BCUT2D eigenvalue weighted by Crippen LogP contribution is 2.24. The number of hydrogen-bond acceptors (Lipinski definition) is 4. The Balaban J connectivity index is 1.70. The maximum atomic E-state index is 12.2. The fourth-order valence-corrected chi connectivity index (χ4v) is 2.79. The van der Waals surface area contributed by atoms with Gasteiger partial charge in [-0.2, -0.15) is 4.80 Å². The first-order valence-electron chi connectivity index (χ1n) is 7.43. The Bertz CT molecular complexity index is 890. The van der Waals surface area contributed by atoms with Crippen LogP contribution in [0.15, 0.2) is 46.9 Å². The van der Waals surface area contributed by atoms with E-state index in [-0.39, 0.29) is 12.5 Å². The van der Waals surface area contributed by atoms with Gasteiger partial charge >= 0.3 is 0 Å². The van der Waals surface area contributed by atoms with Gasteiger partial charge in [-0.25, -0.2) is 0 Å². The Morgan fingerprint density at radius 2 is 2.00 bits per heavy atom. The number of nitrogens with zero attached hydrogens (tertiary/aromatic N) is 4. The van der Waals surface area contributed by atoms with E-state index in [4.69, 9.17) is 0 Å². The molecule has 3 aromatic rings. The lowest BCUT2D eigenvalue weighted by atomic mass is 10.1. The molecule has 0 aliphatic carbocycles. The molecular formula is C17H16BrN5O. The van der Waals surface area contributed by atoms with Gasteiger partial charge in [0.2, 0.25) is 11.7 Å². The van der Waals surface area contributed by atoms with Crippen LogP contribution in [0.3, 0.4) is 0 Å². The minimum absolute atomic E-state index is 0.00473. The summed E-state index contributed by atoms with van der Waals surface area (Å²) < 4.78 is 0.879. The number of anilines is 1. The second kappa shape index (κ2) is 6.92. The third-order valence-corrected chi connectivity index (χ3v) is 4.20. The van der Waals surface area contributed by atoms with E-state index in [1.807, 2.05) is 56.3 Å². The van der Waals surface area contributed by atoms with Gasteiger partial charge in [-0.05, 0) is 42.8 Å². The quantitative estimate of drug-likeness (QED) is 0.747. The number of nitrogens with one attached hydrogen (secondary N) is 1. The second-order valence-corrected chi connectivity index (χ2v) is 6.34. The lowest BCUT2D eigenvalue weighted by Gasteiger charge is -2.08. The van der Waals surface area contributed by atoms with Crippen LogP contribution in [-0.2, 0) is 11.3 Å². The molecule has 0 bridgehead atoms. The number of aryl methyl sites for hydroxylation is 2. The smallest absolute Gasteiger partial charge is 0.248 e. The average Bonchev–Trinajstić information content (AvgIpc) is 2.99. The molecule has 0 spiro atoms. The maximum Gasteiger partial charge on any atom is 0.248 e. The lowest BCUT2D eigenvalue weighted by Crippen LogP contribution is -2.21. The topological polar surface area (TPSA) is 72.7 Å². The van der Waals surface area contributed by atoms with Crippen LogP contribution in [0.5, 0.6) is 0 Å². The summed E-state index contributed by atoms with van der Waals surface area (Å²) in [6.45, 7) is 3.98. The highest BCUT2D eigenvalue weighted by molar-refractivity contribution is 9.10. The predicted molar refractivity (Wildman–Crippen MR) is 95.5 cm³/mol. The first-order chi connectivity index (χ1) is 11.5. The van der Waals surface area contributed by atoms with Crippen molar-refractivity contribution in [1.29, 1.82) is 0 Å². The van der Waals surface area contributed by atoms with E-state index in [9.17, 15) is 4.79 Å². The van der Waals surface area contributed by atoms with E-state index in [2.05, 4.69) is 36.7 Å². The van der Waals surface area contributed by atoms with E-state index in [1.165, 1.54) is 4.80 Å². The van der Waals surface area contributed by atoms with Gasteiger partial charge in [0.1, 0.15) is 6.54 Å². The fraction of sp³-hybridized carbons (Fsp3) is 0.176. The summed E-state index contributed by atoms with van der Waals surface area (Å²) in [5.41, 5.74) is 3.79. The van der Waals surface area contributed by atoms with Crippen LogP contribution < -0.4 is 5.32 Å². The van der Waals surface area contributed by atoms with Gasteiger partial charge < -0.3 is 5.32 Å². The van der Waals surface area contributed by atoms with Crippen molar-refractivity contribution >= 4 is 27.5 Å². The fourth-order valence-electron chi connectivity index (χ4n) is 2.33. The van der Waals surface area contributed by atoms with Gasteiger partial charge in [0.25, 0.3) is 0 Å². The van der Waals surface area contributed by atoms with Crippen molar-refractivity contribution in [2.75, 3.05) is 5.32 Å². The van der Waals surface area contributed by atoms with Crippen molar-refractivity contribution in [1.82, 2.24) is 20.2 Å². The van der Waals surface area contributed by atoms with Crippen LogP contribution in [0.4, 0.5) is 5.69 Å². The van der Waals surface area contributed by atoms with Crippen molar-refractivity contribution in [2.45, 2.75) is 20.4 Å². The number of hydrogen-bond donors (Lipinski definition) is 1. The molecular weight excluding hydrogens is 370 g/mol. The molecule has 2 aromatic carbocycles. The van der Waals surface area contributed by atoms with Gasteiger partial charge in [0, 0.05) is 15.7 Å². The molecule has 1 N–H and O–H groups in total. The molecule has 0 atom stereocenters. The molecule has 0 unspecified atom stereocenters. The Morgan fingerprint density at radius 3 is 2.75 bits per heavy atom. The first kappa shape index (κ1) is 16.3. The molecule has 0 aliphatic rings. The normalized spacial score (nSPS) is 10.6. The zero-order chi connectivity index (χ0) is 17.1. The van der Waals surface area contributed by atoms with Crippen LogP contribution in [0, 0.1) is 13.8 Å². The van der Waals surface area contributed by atoms with Crippen molar-refractivity contribution in [3.05, 3.63) is 58.1 Å². The van der Waals surface area contributed by atoms with Crippen LogP contribution >= 0.6 is 15.9 Å². The molecule has 1 amide bonds. The van der Waals surface area contributed by atoms with E-state index in [1.54, 1.807) is 0 Å². The molecule has 0 saturated carbocycles. The maximum absolute atomic E-state index is 12.2. The summed E-state index contributed by atoms with van der Waals surface area (Å²) in [4.78, 5) is 13.5. The highest BCUT2D eigenvalue weighted by atomic mass is 79.9. The Morgan fingerprint density at radius 1 is 1.21 bits per heavy atom. The molecule has 3 rings (SSSR count). The molecule has 122 valence electrons. The van der Waals surface area contributed by atoms with Crippen LogP contribution in [0.2, 0.25) is 0 Å². The van der Waals surface area contributed by atoms with Gasteiger partial charge in [-0.1, -0.05) is 45.8 Å². The molecule has 1 aromatic heterocycles. The summed E-state index contributed by atoms with van der Waals surface area (Å²) in [7, 11) is 0. The summed E-state index contributed by atoms with van der Waals surface area (Å²) in [6, 6.07) is 13.5. The summed E-state index contributed by atoms with van der Waals surface area (Å²) in [5.74, 6) is 0.278. The van der Waals surface area contributed by atoms with Gasteiger partial charge in [-0.3, -0.25) is 4.79 Å². The van der Waals surface area contributed by atoms with Gasteiger partial charge in [-0.15, -0.1) is 10.2 Å². The van der Waals surface area contributed by atoms with E-state index >= 15 is 0 Å². The molecule has 0 saturated heterocycles. The third-order valence-electron chi connectivity index (χ3n) is 3.51. The number of aromatic nitrogens is 4. The van der Waals surface area contributed by atoms with Crippen molar-refractivity contribution in [2.24, 2.45) is 0 Å². The van der Waals surface area contributed by atoms with Gasteiger partial charge in [0.15, 0.2) is 0 Å². The Kier molecular flexibility index (Phi) is 4.71. The average molecular weight is 386 g/mol. The first-order valence-corrected chi connectivity index (χ1v) is 8.22. The lowest BCUT2D eigenvalue weighted by molar-refractivity contribution is -0.117. The number of rotatable bonds is 4. The number of carbonyl (C=O) groups excluding carboxylic acids is 1. The molecule has 0 aliphatic heterocycles. The molecule has 1 heterocycles. The summed E-state index contributed by atoms with van der Waals surface area (Å²) >= 11 is 3.45. The Labute approximate surface area is 148 Å². The van der Waals surface area contributed by atoms with Crippen molar-refractivity contribution < 1.29 is 4.79 Å². The molecule has 7 heteroatoms. The standard InChI is InChI=1S/C17H16BrN5O/c1-11-7-8-15(12(2)9-11)19-16(24)10-23-21-17(20-22-23)13-5-3-4-6-14(13)18/h3-9H,10H2,1-2H3,(H,19,24). The number of halogens is 1. The van der Waals surface area contributed by atoms with E-state index in [0.29, 0.717) is 5.82 Å². The van der Waals surface area contributed by atoms with Gasteiger partial charge in [0.05, 0.1) is 0 Å². The summed E-state index contributed by atoms with van der Waals surface area (Å²) in [6.07, 6.45) is 0. The number of carbonyl (C=O) groups is 1. The second-order valence-electron chi connectivity index (χ2n) is 5.49. The van der Waals surface area contributed by atoms with E-state index < -0.39 is 0 Å². The number of amides is 1. The van der Waals surface area contributed by atoms with Crippen LogP contribution in [-0.4, -0.2) is 26.1 Å². The predicted octanol–water partition coefficient (Wildman–Crippen LogP) is 3.36. The molecule has 24 heavy (non-hydrogen) atoms. The molecule has 6 nitrogen and oxygen atoms in total. The minimum atomic E-state index is -0.196. The number of benzene rings is 2. The summed E-state index contributed by atoms with van der Waals surface area (Å²) in [5, 5.41) is 15.1. The largest absolute Gasteiger partial charge is 0.324 e. The highest BCUT2D eigenvalue weighted by Gasteiger charge is 2.12. The van der Waals surface area contributed by atoms with Crippen molar-refractivity contribution in [3.63, 3.8) is 0 Å². The molecule has 0 radical (unpaired) electrons.